The molecule has 2 rings (SSSR count). The summed E-state index contributed by atoms with van der Waals surface area (Å²) in [7, 11) is 1.51. The van der Waals surface area contributed by atoms with E-state index in [1.807, 2.05) is 0 Å². The molecule has 0 fully saturated rings. The molecule has 26 heavy (non-hydrogen) atoms. The lowest BCUT2D eigenvalue weighted by Crippen LogP contribution is -2.27. The zero-order chi connectivity index (χ0) is 19.3. The summed E-state index contributed by atoms with van der Waals surface area (Å²) in [5, 5.41) is 5.84. The molecule has 2 aromatic carbocycles. The largest absolute Gasteiger partial charge is 0.495 e. The summed E-state index contributed by atoms with van der Waals surface area (Å²) >= 11 is 5.96. The van der Waals surface area contributed by atoms with Crippen molar-refractivity contribution in [2.75, 3.05) is 17.7 Å². The van der Waals surface area contributed by atoms with Crippen LogP contribution < -0.4 is 15.4 Å². The van der Waals surface area contributed by atoms with Crippen LogP contribution in [-0.2, 0) is 4.74 Å². The van der Waals surface area contributed by atoms with Crippen LogP contribution in [0, 0.1) is 0 Å². The molecule has 2 aromatic rings. The lowest BCUT2D eigenvalue weighted by molar-refractivity contribution is 0.0636. The Hall–Kier alpha value is -2.73. The first kappa shape index (κ1) is 19.6. The normalized spacial score (nSPS) is 10.8. The van der Waals surface area contributed by atoms with Crippen molar-refractivity contribution in [1.29, 1.82) is 0 Å². The van der Waals surface area contributed by atoms with Gasteiger partial charge in [0.2, 0.25) is 0 Å². The number of rotatable bonds is 4. The number of hydrogen-bond donors (Lipinski definition) is 2. The molecular weight excluding hydrogens is 356 g/mol. The average molecular weight is 377 g/mol. The van der Waals surface area contributed by atoms with Crippen LogP contribution in [0.5, 0.6) is 5.75 Å². The summed E-state index contributed by atoms with van der Waals surface area (Å²) < 4.78 is 10.4. The predicted octanol–water partition coefficient (Wildman–Crippen LogP) is 4.95. The number of ether oxygens (including phenoxy) is 2. The topological polar surface area (TPSA) is 76.7 Å². The Morgan fingerprint density at radius 2 is 1.65 bits per heavy atom. The van der Waals surface area contributed by atoms with Crippen molar-refractivity contribution in [1.82, 2.24) is 0 Å². The molecule has 6 nitrogen and oxygen atoms in total. The van der Waals surface area contributed by atoms with E-state index in [2.05, 4.69) is 10.6 Å². The number of benzene rings is 2. The molecule has 138 valence electrons. The first-order chi connectivity index (χ1) is 12.2. The standard InChI is InChI=1S/C19H21ClN2O4/c1-19(2,3)26-18(24)21-14-8-5-12(6-9-14)17(23)22-15-11-13(20)7-10-16(15)25-4/h5-11H,1-4H3,(H,21,24)(H,22,23). The van der Waals surface area contributed by atoms with Crippen molar-refractivity contribution in [2.45, 2.75) is 26.4 Å². The van der Waals surface area contributed by atoms with Gasteiger partial charge in [-0.1, -0.05) is 11.6 Å². The van der Waals surface area contributed by atoms with E-state index in [-0.39, 0.29) is 5.91 Å². The SMILES string of the molecule is COc1ccc(Cl)cc1NC(=O)c1ccc(NC(=O)OC(C)(C)C)cc1. The van der Waals surface area contributed by atoms with E-state index in [9.17, 15) is 9.59 Å². The van der Waals surface area contributed by atoms with Gasteiger partial charge in [-0.05, 0) is 63.2 Å². The van der Waals surface area contributed by atoms with Gasteiger partial charge in [0.1, 0.15) is 11.4 Å². The molecule has 7 heteroatoms. The number of nitrogens with one attached hydrogen (secondary N) is 2. The molecule has 0 spiro atoms. The van der Waals surface area contributed by atoms with Crippen molar-refractivity contribution in [3.63, 3.8) is 0 Å². The van der Waals surface area contributed by atoms with Gasteiger partial charge in [0, 0.05) is 16.3 Å². The molecule has 0 aliphatic heterocycles. The summed E-state index contributed by atoms with van der Waals surface area (Å²) in [6.45, 7) is 5.35. The third-order valence-corrected chi connectivity index (χ3v) is 3.44. The number of hydrogen-bond acceptors (Lipinski definition) is 4. The summed E-state index contributed by atoms with van der Waals surface area (Å²) in [5.41, 5.74) is 0.832. The van der Waals surface area contributed by atoms with Crippen molar-refractivity contribution >= 4 is 35.0 Å². The summed E-state index contributed by atoms with van der Waals surface area (Å²) in [5.74, 6) is 0.181. The van der Waals surface area contributed by atoms with Crippen LogP contribution in [0.15, 0.2) is 42.5 Å². The van der Waals surface area contributed by atoms with Gasteiger partial charge in [0.15, 0.2) is 0 Å². The summed E-state index contributed by atoms with van der Waals surface area (Å²) in [4.78, 5) is 24.1. The van der Waals surface area contributed by atoms with Crippen LogP contribution in [0.2, 0.25) is 5.02 Å². The average Bonchev–Trinajstić information content (AvgIpc) is 2.54. The summed E-state index contributed by atoms with van der Waals surface area (Å²) in [6, 6.07) is 11.4. The number of carbonyl (C=O) groups excluding carboxylic acids is 2. The fraction of sp³-hybridized carbons (Fsp3) is 0.263. The Morgan fingerprint density at radius 3 is 2.23 bits per heavy atom. The van der Waals surface area contributed by atoms with Crippen molar-refractivity contribution in [3.05, 3.63) is 53.1 Å². The number of methoxy groups -OCH3 is 1. The molecule has 2 amide bonds. The highest BCUT2D eigenvalue weighted by Gasteiger charge is 2.16. The predicted molar refractivity (Wildman–Crippen MR) is 102 cm³/mol. The lowest BCUT2D eigenvalue weighted by atomic mass is 10.2. The fourth-order valence-corrected chi connectivity index (χ4v) is 2.27. The lowest BCUT2D eigenvalue weighted by Gasteiger charge is -2.19. The van der Waals surface area contributed by atoms with E-state index in [0.717, 1.165) is 0 Å². The first-order valence-corrected chi connectivity index (χ1v) is 8.31. The van der Waals surface area contributed by atoms with Crippen molar-refractivity contribution < 1.29 is 19.1 Å². The molecule has 0 radical (unpaired) electrons. The number of amides is 2. The molecule has 2 N–H and O–H groups in total. The van der Waals surface area contributed by atoms with E-state index >= 15 is 0 Å². The number of anilines is 2. The van der Waals surface area contributed by atoms with Crippen LogP contribution in [0.3, 0.4) is 0 Å². The molecule has 0 saturated carbocycles. The van der Waals surface area contributed by atoms with Gasteiger partial charge >= 0.3 is 6.09 Å². The molecule has 0 aliphatic rings. The Balaban J connectivity index is 2.05. The van der Waals surface area contributed by atoms with E-state index in [0.29, 0.717) is 27.7 Å². The van der Waals surface area contributed by atoms with Gasteiger partial charge in [-0.15, -0.1) is 0 Å². The van der Waals surface area contributed by atoms with Crippen LogP contribution in [0.4, 0.5) is 16.2 Å². The molecule has 0 aliphatic carbocycles. The number of carbonyl (C=O) groups is 2. The van der Waals surface area contributed by atoms with Crippen LogP contribution in [0.1, 0.15) is 31.1 Å². The number of halogens is 1. The van der Waals surface area contributed by atoms with Gasteiger partial charge in [-0.2, -0.15) is 0 Å². The monoisotopic (exact) mass is 376 g/mol. The zero-order valence-corrected chi connectivity index (χ0v) is 15.8. The first-order valence-electron chi connectivity index (χ1n) is 7.93. The maximum Gasteiger partial charge on any atom is 0.412 e. The van der Waals surface area contributed by atoms with Crippen molar-refractivity contribution in [2.24, 2.45) is 0 Å². The highest BCUT2D eigenvalue weighted by atomic mass is 35.5. The van der Waals surface area contributed by atoms with E-state index in [4.69, 9.17) is 21.1 Å². The molecule has 0 aromatic heterocycles. The molecule has 0 bridgehead atoms. The molecule has 0 atom stereocenters. The second-order valence-electron chi connectivity index (χ2n) is 6.50. The van der Waals surface area contributed by atoms with Crippen LogP contribution >= 0.6 is 11.6 Å². The Kier molecular flexibility index (Phi) is 6.10. The quantitative estimate of drug-likeness (QED) is 0.791. The molecule has 0 saturated heterocycles. The van der Waals surface area contributed by atoms with E-state index in [1.165, 1.54) is 7.11 Å². The smallest absolute Gasteiger partial charge is 0.412 e. The molecule has 0 heterocycles. The van der Waals surface area contributed by atoms with Gasteiger partial charge in [-0.25, -0.2) is 4.79 Å². The highest BCUT2D eigenvalue weighted by molar-refractivity contribution is 6.31. The Morgan fingerprint density at radius 1 is 1.00 bits per heavy atom. The van der Waals surface area contributed by atoms with Crippen LogP contribution in [0.25, 0.3) is 0 Å². The van der Waals surface area contributed by atoms with E-state index < -0.39 is 11.7 Å². The summed E-state index contributed by atoms with van der Waals surface area (Å²) in [6.07, 6.45) is -0.557. The Labute approximate surface area is 157 Å². The fourth-order valence-electron chi connectivity index (χ4n) is 2.10. The second kappa shape index (κ2) is 8.10. The minimum atomic E-state index is -0.583. The van der Waals surface area contributed by atoms with Crippen molar-refractivity contribution in [3.8, 4) is 5.75 Å². The van der Waals surface area contributed by atoms with Gasteiger partial charge < -0.3 is 14.8 Å². The van der Waals surface area contributed by atoms with Crippen LogP contribution in [-0.4, -0.2) is 24.7 Å². The Bertz CT molecular complexity index is 798. The van der Waals surface area contributed by atoms with Gasteiger partial charge in [0.25, 0.3) is 5.91 Å². The molecular formula is C19H21ClN2O4. The van der Waals surface area contributed by atoms with E-state index in [1.54, 1.807) is 63.2 Å². The van der Waals surface area contributed by atoms with Gasteiger partial charge in [-0.3, -0.25) is 10.1 Å². The molecule has 0 unspecified atom stereocenters. The minimum absolute atomic E-state index is 0.325. The van der Waals surface area contributed by atoms with Gasteiger partial charge in [0.05, 0.1) is 12.8 Å². The third-order valence-electron chi connectivity index (χ3n) is 3.20. The maximum atomic E-state index is 12.4. The third kappa shape index (κ3) is 5.67. The highest BCUT2D eigenvalue weighted by Crippen LogP contribution is 2.28. The zero-order valence-electron chi connectivity index (χ0n) is 15.1. The second-order valence-corrected chi connectivity index (χ2v) is 6.94. The minimum Gasteiger partial charge on any atom is -0.495 e. The maximum absolute atomic E-state index is 12.4.